The number of rotatable bonds is 9. The van der Waals surface area contributed by atoms with Crippen LogP contribution in [0.1, 0.15) is 41.9 Å². The van der Waals surface area contributed by atoms with Gasteiger partial charge in [0.25, 0.3) is 0 Å². The Kier molecular flexibility index (Phi) is 7.99. The monoisotopic (exact) mass is 536 g/mol. The summed E-state index contributed by atoms with van der Waals surface area (Å²) in [7, 11) is 0. The van der Waals surface area contributed by atoms with Crippen molar-refractivity contribution >= 4 is 57.5 Å². The molecule has 1 aliphatic carbocycles. The molecule has 1 aliphatic rings. The highest BCUT2D eigenvalue weighted by atomic mass is 32.2. The minimum atomic E-state index is -0.464. The number of aromatic amines is 1. The van der Waals surface area contributed by atoms with E-state index in [1.165, 1.54) is 23.1 Å². The minimum Gasteiger partial charge on any atom is -0.339 e. The maximum atomic E-state index is 12.9. The number of benzene rings is 1. The van der Waals surface area contributed by atoms with Crippen molar-refractivity contribution in [1.29, 1.82) is 0 Å². The van der Waals surface area contributed by atoms with E-state index in [0.717, 1.165) is 45.6 Å². The smallest absolute Gasteiger partial charge is 0.325 e. The molecule has 5 rings (SSSR count). The van der Waals surface area contributed by atoms with Crippen molar-refractivity contribution < 1.29 is 9.59 Å². The Morgan fingerprint density at radius 2 is 1.86 bits per heavy atom. The van der Waals surface area contributed by atoms with E-state index in [2.05, 4.69) is 42.7 Å². The minimum absolute atomic E-state index is 0.00462. The SMILES string of the molecule is O=C(Nc1nc(CSc2ccccc2)c(Sc2ncc[nH]2)s1)Nc1cccnc1C(=O)C1CCCC1. The van der Waals surface area contributed by atoms with E-state index >= 15 is 0 Å². The van der Waals surface area contributed by atoms with Crippen LogP contribution >= 0.6 is 34.9 Å². The molecule has 0 aliphatic heterocycles. The number of aromatic nitrogens is 4. The van der Waals surface area contributed by atoms with Gasteiger partial charge in [-0.15, -0.1) is 11.8 Å². The number of ketones is 1. The number of H-pyrrole nitrogens is 1. The van der Waals surface area contributed by atoms with Gasteiger partial charge in [-0.1, -0.05) is 42.4 Å². The second-order valence-electron chi connectivity index (χ2n) is 8.18. The fourth-order valence-corrected chi connectivity index (χ4v) is 7.01. The van der Waals surface area contributed by atoms with E-state index in [9.17, 15) is 9.59 Å². The fraction of sp³-hybridized carbons (Fsp3) is 0.240. The van der Waals surface area contributed by atoms with Gasteiger partial charge in [-0.3, -0.25) is 15.1 Å². The summed E-state index contributed by atoms with van der Waals surface area (Å²) in [5.74, 6) is 0.624. The first-order chi connectivity index (χ1) is 17.7. The first kappa shape index (κ1) is 24.5. The van der Waals surface area contributed by atoms with Crippen LogP contribution in [0.4, 0.5) is 15.6 Å². The Bertz CT molecular complexity index is 1320. The molecule has 36 heavy (non-hydrogen) atoms. The number of urea groups is 1. The lowest BCUT2D eigenvalue weighted by molar-refractivity contribution is 0.0918. The van der Waals surface area contributed by atoms with E-state index in [1.54, 1.807) is 42.5 Å². The molecule has 0 spiro atoms. The van der Waals surface area contributed by atoms with Gasteiger partial charge in [0.05, 0.1) is 15.6 Å². The Balaban J connectivity index is 1.30. The molecule has 3 heterocycles. The molecule has 1 aromatic carbocycles. The van der Waals surface area contributed by atoms with Crippen molar-refractivity contribution in [3.05, 3.63) is 72.4 Å². The van der Waals surface area contributed by atoms with Gasteiger partial charge < -0.3 is 10.3 Å². The largest absolute Gasteiger partial charge is 0.339 e. The van der Waals surface area contributed by atoms with E-state index < -0.39 is 6.03 Å². The Morgan fingerprint density at radius 1 is 1.03 bits per heavy atom. The first-order valence-electron chi connectivity index (χ1n) is 11.6. The van der Waals surface area contributed by atoms with E-state index in [1.807, 2.05) is 18.2 Å². The van der Waals surface area contributed by atoms with Crippen LogP contribution < -0.4 is 10.6 Å². The normalized spacial score (nSPS) is 13.6. The number of anilines is 2. The molecular weight excluding hydrogens is 513 g/mol. The van der Waals surface area contributed by atoms with Crippen LogP contribution in [0.15, 0.2) is 75.3 Å². The molecule has 0 saturated heterocycles. The summed E-state index contributed by atoms with van der Waals surface area (Å²) in [6, 6.07) is 13.1. The third-order valence-electron chi connectivity index (χ3n) is 5.68. The topological polar surface area (TPSA) is 113 Å². The predicted molar refractivity (Wildman–Crippen MR) is 144 cm³/mol. The number of nitrogens with zero attached hydrogens (tertiary/aromatic N) is 3. The van der Waals surface area contributed by atoms with Crippen LogP contribution in [0.2, 0.25) is 0 Å². The number of imidazole rings is 1. The highest BCUT2D eigenvalue weighted by molar-refractivity contribution is 8.01. The third-order valence-corrected chi connectivity index (χ3v) is 8.85. The van der Waals surface area contributed by atoms with Crippen molar-refractivity contribution in [2.24, 2.45) is 5.92 Å². The molecule has 184 valence electrons. The Hall–Kier alpha value is -3.15. The van der Waals surface area contributed by atoms with Crippen LogP contribution in [-0.4, -0.2) is 31.8 Å². The van der Waals surface area contributed by atoms with Crippen molar-refractivity contribution in [3.63, 3.8) is 0 Å². The second-order valence-corrected chi connectivity index (χ2v) is 11.5. The number of thiazole rings is 1. The van der Waals surface area contributed by atoms with Crippen LogP contribution in [0.5, 0.6) is 0 Å². The molecule has 0 atom stereocenters. The molecule has 1 fully saturated rings. The lowest BCUT2D eigenvalue weighted by Gasteiger charge is -2.12. The van der Waals surface area contributed by atoms with Gasteiger partial charge in [0, 0.05) is 35.2 Å². The van der Waals surface area contributed by atoms with Gasteiger partial charge >= 0.3 is 6.03 Å². The maximum Gasteiger partial charge on any atom is 0.325 e. The summed E-state index contributed by atoms with van der Waals surface area (Å²) in [6.45, 7) is 0. The lowest BCUT2D eigenvalue weighted by atomic mass is 9.99. The number of hydrogen-bond donors (Lipinski definition) is 3. The van der Waals surface area contributed by atoms with E-state index in [0.29, 0.717) is 22.3 Å². The Morgan fingerprint density at radius 3 is 2.64 bits per heavy atom. The van der Waals surface area contributed by atoms with Crippen LogP contribution in [0, 0.1) is 5.92 Å². The number of carbonyl (C=O) groups excluding carboxylic acids is 2. The molecule has 3 aromatic heterocycles. The summed E-state index contributed by atoms with van der Waals surface area (Å²) >= 11 is 4.54. The molecule has 0 unspecified atom stereocenters. The summed E-state index contributed by atoms with van der Waals surface area (Å²) in [6.07, 6.45) is 8.92. The van der Waals surface area contributed by atoms with Gasteiger partial charge in [-0.25, -0.2) is 14.8 Å². The number of hydrogen-bond acceptors (Lipinski definition) is 8. The van der Waals surface area contributed by atoms with Gasteiger partial charge in [-0.2, -0.15) is 0 Å². The quantitative estimate of drug-likeness (QED) is 0.161. The van der Waals surface area contributed by atoms with Crippen LogP contribution in [-0.2, 0) is 5.75 Å². The zero-order valence-corrected chi connectivity index (χ0v) is 21.7. The predicted octanol–water partition coefficient (Wildman–Crippen LogP) is 6.72. The van der Waals surface area contributed by atoms with Gasteiger partial charge in [0.15, 0.2) is 16.1 Å². The first-order valence-corrected chi connectivity index (χ1v) is 14.2. The van der Waals surface area contributed by atoms with Crippen LogP contribution in [0.3, 0.4) is 0 Å². The molecule has 0 bridgehead atoms. The van der Waals surface area contributed by atoms with Gasteiger partial charge in [0.1, 0.15) is 5.69 Å². The highest BCUT2D eigenvalue weighted by Crippen LogP contribution is 2.38. The summed E-state index contributed by atoms with van der Waals surface area (Å²) in [5, 5.41) is 6.85. The third kappa shape index (κ3) is 6.15. The van der Waals surface area contributed by atoms with Crippen molar-refractivity contribution in [3.8, 4) is 0 Å². The molecule has 4 aromatic rings. The number of carbonyl (C=O) groups is 2. The number of amides is 2. The molecule has 8 nitrogen and oxygen atoms in total. The van der Waals surface area contributed by atoms with Crippen LogP contribution in [0.25, 0.3) is 0 Å². The summed E-state index contributed by atoms with van der Waals surface area (Å²) in [4.78, 5) is 43.3. The average molecular weight is 537 g/mol. The molecule has 11 heteroatoms. The molecular formula is C25H24N6O2S3. The maximum absolute atomic E-state index is 12.9. The summed E-state index contributed by atoms with van der Waals surface area (Å²) in [5.41, 5.74) is 1.59. The molecule has 1 saturated carbocycles. The zero-order chi connectivity index (χ0) is 24.7. The molecule has 2 amide bonds. The van der Waals surface area contributed by atoms with Crippen molar-refractivity contribution in [2.45, 2.75) is 45.7 Å². The Labute approximate surface area is 221 Å². The van der Waals surface area contributed by atoms with Gasteiger partial charge in [0.2, 0.25) is 0 Å². The number of Topliss-reactive ketones (excluding diaryl/α,β-unsaturated/α-hetero) is 1. The second kappa shape index (κ2) is 11.7. The fourth-order valence-electron chi connectivity index (χ4n) is 3.96. The molecule has 3 N–H and O–H groups in total. The summed E-state index contributed by atoms with van der Waals surface area (Å²) < 4.78 is 0.946. The highest BCUT2D eigenvalue weighted by Gasteiger charge is 2.27. The zero-order valence-electron chi connectivity index (χ0n) is 19.3. The average Bonchev–Trinajstić information content (AvgIpc) is 3.67. The van der Waals surface area contributed by atoms with Gasteiger partial charge in [-0.05, 0) is 48.9 Å². The number of nitrogens with one attached hydrogen (secondary N) is 3. The van der Waals surface area contributed by atoms with Crippen molar-refractivity contribution in [1.82, 2.24) is 19.9 Å². The van der Waals surface area contributed by atoms with E-state index in [4.69, 9.17) is 0 Å². The molecule has 0 radical (unpaired) electrons. The number of pyridine rings is 1. The number of thioether (sulfide) groups is 1. The van der Waals surface area contributed by atoms with Crippen molar-refractivity contribution in [2.75, 3.05) is 10.6 Å². The van der Waals surface area contributed by atoms with E-state index in [-0.39, 0.29) is 11.7 Å². The standard InChI is InChI=1S/C25H24N6O2S3/c32-21(16-7-4-5-8-16)20-18(11-6-12-26-20)29-23(33)31-25-30-19(15-34-17-9-2-1-3-10-17)22(36-25)35-24-27-13-14-28-24/h1-3,6,9-14,16H,4-5,7-8,15H2,(H,27,28)(H2,29,30,31,33). The lowest BCUT2D eigenvalue weighted by Crippen LogP contribution is -2.22.